The van der Waals surface area contributed by atoms with Gasteiger partial charge in [-0.05, 0) is 18.8 Å². The van der Waals surface area contributed by atoms with Crippen molar-refractivity contribution in [2.45, 2.75) is 25.7 Å². The van der Waals surface area contributed by atoms with Gasteiger partial charge < -0.3 is 9.84 Å². The molecule has 2 atom stereocenters. The molecule has 0 radical (unpaired) electrons. The lowest BCUT2D eigenvalue weighted by atomic mass is 9.69. The van der Waals surface area contributed by atoms with E-state index in [4.69, 9.17) is 9.84 Å². The van der Waals surface area contributed by atoms with Gasteiger partial charge in [0.05, 0.1) is 13.2 Å². The van der Waals surface area contributed by atoms with E-state index in [9.17, 15) is 4.79 Å². The van der Waals surface area contributed by atoms with Gasteiger partial charge in [0.2, 0.25) is 0 Å². The minimum atomic E-state index is -0.716. The standard InChI is InChI=1S/C12H21NO3/c1-16-9-12-5-3-2-4-10(12)6-13(8-12)7-11(14)15/h10H,2-9H2,1H3,(H,14,15)/t10-,12+/m0/s1. The van der Waals surface area contributed by atoms with E-state index in [0.29, 0.717) is 5.92 Å². The summed E-state index contributed by atoms with van der Waals surface area (Å²) in [4.78, 5) is 12.8. The molecule has 0 aromatic rings. The number of rotatable bonds is 4. The van der Waals surface area contributed by atoms with Gasteiger partial charge in [-0.15, -0.1) is 0 Å². The number of ether oxygens (including phenoxy) is 1. The Morgan fingerprint density at radius 1 is 1.56 bits per heavy atom. The quantitative estimate of drug-likeness (QED) is 0.784. The second kappa shape index (κ2) is 4.72. The molecule has 1 heterocycles. The van der Waals surface area contributed by atoms with E-state index in [1.54, 1.807) is 7.11 Å². The summed E-state index contributed by atoms with van der Waals surface area (Å²) in [6, 6.07) is 0. The lowest BCUT2D eigenvalue weighted by Gasteiger charge is -2.38. The van der Waals surface area contributed by atoms with Gasteiger partial charge in [0.15, 0.2) is 0 Å². The first-order chi connectivity index (χ1) is 7.66. The fourth-order valence-corrected chi connectivity index (χ4v) is 3.53. The lowest BCUT2D eigenvalue weighted by molar-refractivity contribution is -0.138. The molecule has 1 aliphatic carbocycles. The molecular weight excluding hydrogens is 206 g/mol. The van der Waals surface area contributed by atoms with E-state index in [0.717, 1.165) is 19.7 Å². The van der Waals surface area contributed by atoms with Crippen molar-refractivity contribution in [3.63, 3.8) is 0 Å². The fraction of sp³-hybridized carbons (Fsp3) is 0.917. The summed E-state index contributed by atoms with van der Waals surface area (Å²) in [6.45, 7) is 2.81. The average molecular weight is 227 g/mol. The molecule has 0 aromatic heterocycles. The van der Waals surface area contributed by atoms with Crippen LogP contribution in [0.15, 0.2) is 0 Å². The van der Waals surface area contributed by atoms with Gasteiger partial charge in [-0.1, -0.05) is 12.8 Å². The molecule has 1 saturated carbocycles. The monoisotopic (exact) mass is 227 g/mol. The van der Waals surface area contributed by atoms with Crippen LogP contribution in [-0.4, -0.2) is 49.3 Å². The van der Waals surface area contributed by atoms with Crippen molar-refractivity contribution in [1.29, 1.82) is 0 Å². The zero-order valence-corrected chi connectivity index (χ0v) is 9.95. The number of carboxylic acids is 1. The van der Waals surface area contributed by atoms with Crippen molar-refractivity contribution < 1.29 is 14.6 Å². The molecule has 0 amide bonds. The summed E-state index contributed by atoms with van der Waals surface area (Å²) in [5, 5.41) is 8.85. The first-order valence-electron chi connectivity index (χ1n) is 6.09. The van der Waals surface area contributed by atoms with Crippen LogP contribution >= 0.6 is 0 Å². The van der Waals surface area contributed by atoms with Crippen LogP contribution in [0, 0.1) is 11.3 Å². The van der Waals surface area contributed by atoms with Crippen LogP contribution < -0.4 is 0 Å². The summed E-state index contributed by atoms with van der Waals surface area (Å²) in [5.41, 5.74) is 0.239. The van der Waals surface area contributed by atoms with Crippen molar-refractivity contribution in [3.05, 3.63) is 0 Å². The Morgan fingerprint density at radius 3 is 3.06 bits per heavy atom. The summed E-state index contributed by atoms with van der Waals surface area (Å²) in [6.07, 6.45) is 4.99. The second-order valence-electron chi connectivity index (χ2n) is 5.30. The zero-order valence-electron chi connectivity index (χ0n) is 9.95. The molecule has 1 saturated heterocycles. The Balaban J connectivity index is 2.04. The SMILES string of the molecule is COC[C@]12CCCC[C@H]1CN(CC(=O)O)C2. The summed E-state index contributed by atoms with van der Waals surface area (Å²) in [5.74, 6) is -0.0771. The van der Waals surface area contributed by atoms with E-state index in [1.807, 2.05) is 0 Å². The number of aliphatic carboxylic acids is 1. The Kier molecular flexibility index (Phi) is 3.50. The maximum Gasteiger partial charge on any atom is 0.317 e. The van der Waals surface area contributed by atoms with E-state index in [-0.39, 0.29) is 12.0 Å². The normalized spacial score (nSPS) is 34.9. The molecule has 0 aromatic carbocycles. The average Bonchev–Trinajstić information content (AvgIpc) is 2.54. The zero-order chi connectivity index (χ0) is 11.6. The van der Waals surface area contributed by atoms with Gasteiger partial charge in [0.25, 0.3) is 0 Å². The molecule has 2 fully saturated rings. The highest BCUT2D eigenvalue weighted by atomic mass is 16.5. The molecule has 4 heteroatoms. The third-order valence-electron chi connectivity index (χ3n) is 4.15. The molecule has 2 rings (SSSR count). The van der Waals surface area contributed by atoms with Crippen LogP contribution in [0.2, 0.25) is 0 Å². The molecule has 16 heavy (non-hydrogen) atoms. The topological polar surface area (TPSA) is 49.8 Å². The minimum absolute atomic E-state index is 0.183. The molecule has 0 bridgehead atoms. The Labute approximate surface area is 96.6 Å². The molecule has 1 N–H and O–H groups in total. The Hall–Kier alpha value is -0.610. The molecular formula is C12H21NO3. The van der Waals surface area contributed by atoms with Crippen molar-refractivity contribution in [2.75, 3.05) is 33.4 Å². The van der Waals surface area contributed by atoms with Gasteiger partial charge in [-0.25, -0.2) is 0 Å². The number of likely N-dealkylation sites (tertiary alicyclic amines) is 1. The number of carboxylic acid groups (broad SMARTS) is 1. The smallest absolute Gasteiger partial charge is 0.317 e. The third-order valence-corrected chi connectivity index (χ3v) is 4.15. The highest BCUT2D eigenvalue weighted by Gasteiger charge is 2.47. The maximum absolute atomic E-state index is 10.8. The van der Waals surface area contributed by atoms with Crippen LogP contribution in [0.5, 0.6) is 0 Å². The number of methoxy groups -OCH3 is 1. The Bertz CT molecular complexity index is 265. The van der Waals surface area contributed by atoms with Crippen molar-refractivity contribution in [3.8, 4) is 0 Å². The number of fused-ring (bicyclic) bond motifs is 1. The fourth-order valence-electron chi connectivity index (χ4n) is 3.53. The van der Waals surface area contributed by atoms with Gasteiger partial charge >= 0.3 is 5.97 Å². The van der Waals surface area contributed by atoms with Crippen LogP contribution in [0.1, 0.15) is 25.7 Å². The highest BCUT2D eigenvalue weighted by Crippen LogP contribution is 2.46. The summed E-state index contributed by atoms with van der Waals surface area (Å²) < 4.78 is 5.37. The molecule has 0 spiro atoms. The van der Waals surface area contributed by atoms with E-state index < -0.39 is 5.97 Å². The number of hydrogen-bond acceptors (Lipinski definition) is 3. The predicted molar refractivity (Wildman–Crippen MR) is 60.3 cm³/mol. The largest absolute Gasteiger partial charge is 0.480 e. The van der Waals surface area contributed by atoms with E-state index in [2.05, 4.69) is 4.90 Å². The first kappa shape index (κ1) is 11.9. The Morgan fingerprint density at radius 2 is 2.38 bits per heavy atom. The lowest BCUT2D eigenvalue weighted by Crippen LogP contribution is -2.38. The predicted octanol–water partition coefficient (Wildman–Crippen LogP) is 1.21. The van der Waals surface area contributed by atoms with E-state index in [1.165, 1.54) is 25.7 Å². The highest BCUT2D eigenvalue weighted by molar-refractivity contribution is 5.69. The van der Waals surface area contributed by atoms with Crippen molar-refractivity contribution >= 4 is 5.97 Å². The number of hydrogen-bond donors (Lipinski definition) is 1. The number of nitrogens with zero attached hydrogens (tertiary/aromatic N) is 1. The van der Waals surface area contributed by atoms with Gasteiger partial charge in [-0.2, -0.15) is 0 Å². The van der Waals surface area contributed by atoms with Crippen LogP contribution in [0.25, 0.3) is 0 Å². The van der Waals surface area contributed by atoms with Crippen molar-refractivity contribution in [2.24, 2.45) is 11.3 Å². The molecule has 92 valence electrons. The third kappa shape index (κ3) is 2.23. The molecule has 4 nitrogen and oxygen atoms in total. The summed E-state index contributed by atoms with van der Waals surface area (Å²) in [7, 11) is 1.75. The van der Waals surface area contributed by atoms with Crippen LogP contribution in [0.3, 0.4) is 0 Å². The molecule has 1 aliphatic heterocycles. The van der Waals surface area contributed by atoms with Gasteiger partial charge in [0.1, 0.15) is 0 Å². The van der Waals surface area contributed by atoms with Crippen molar-refractivity contribution in [1.82, 2.24) is 4.90 Å². The van der Waals surface area contributed by atoms with Gasteiger partial charge in [-0.3, -0.25) is 9.69 Å². The molecule has 0 unspecified atom stereocenters. The minimum Gasteiger partial charge on any atom is -0.480 e. The maximum atomic E-state index is 10.8. The summed E-state index contributed by atoms with van der Waals surface area (Å²) >= 11 is 0. The molecule has 2 aliphatic rings. The number of carbonyl (C=O) groups is 1. The van der Waals surface area contributed by atoms with Gasteiger partial charge in [0, 0.05) is 25.6 Å². The van der Waals surface area contributed by atoms with Crippen LogP contribution in [0.4, 0.5) is 0 Å². The van der Waals surface area contributed by atoms with E-state index >= 15 is 0 Å². The first-order valence-corrected chi connectivity index (χ1v) is 6.09. The van der Waals surface area contributed by atoms with Crippen LogP contribution in [-0.2, 0) is 9.53 Å². The second-order valence-corrected chi connectivity index (χ2v) is 5.30.